The number of nitriles is 1. The SMILES string of the molecule is COc1cc(C=C(C#N)c2cccc([N+](=O)[O-])c2)cc(Cl)c1OCC(=O)Nc1ccc(C)cc1. The van der Waals surface area contributed by atoms with Crippen molar-refractivity contribution in [1.29, 1.82) is 5.26 Å². The number of methoxy groups -OCH3 is 1. The van der Waals surface area contributed by atoms with Gasteiger partial charge in [-0.1, -0.05) is 41.4 Å². The number of carbonyl (C=O) groups is 1. The van der Waals surface area contributed by atoms with Crippen LogP contribution in [0.2, 0.25) is 5.02 Å². The molecule has 0 aromatic heterocycles. The minimum atomic E-state index is -0.528. The van der Waals surface area contributed by atoms with Gasteiger partial charge in [-0.3, -0.25) is 14.9 Å². The maximum absolute atomic E-state index is 12.3. The molecule has 172 valence electrons. The van der Waals surface area contributed by atoms with E-state index in [-0.39, 0.29) is 40.3 Å². The van der Waals surface area contributed by atoms with E-state index in [9.17, 15) is 20.2 Å². The number of hydrogen-bond acceptors (Lipinski definition) is 6. The Labute approximate surface area is 201 Å². The molecule has 8 nitrogen and oxygen atoms in total. The Morgan fingerprint density at radius 1 is 1.21 bits per heavy atom. The van der Waals surface area contributed by atoms with Crippen LogP contribution in [0.25, 0.3) is 11.6 Å². The number of ether oxygens (including phenoxy) is 2. The summed E-state index contributed by atoms with van der Waals surface area (Å²) in [4.78, 5) is 22.8. The van der Waals surface area contributed by atoms with Crippen molar-refractivity contribution < 1.29 is 19.2 Å². The summed E-state index contributed by atoms with van der Waals surface area (Å²) in [5.74, 6) is 0.0656. The quantitative estimate of drug-likeness (QED) is 0.194. The van der Waals surface area contributed by atoms with Gasteiger partial charge in [-0.2, -0.15) is 5.26 Å². The summed E-state index contributed by atoms with van der Waals surface area (Å²) in [6.07, 6.45) is 1.53. The van der Waals surface area contributed by atoms with Crippen LogP contribution < -0.4 is 14.8 Å². The summed E-state index contributed by atoms with van der Waals surface area (Å²) < 4.78 is 11.0. The molecule has 0 saturated carbocycles. The monoisotopic (exact) mass is 477 g/mol. The molecule has 0 spiro atoms. The lowest BCUT2D eigenvalue weighted by Crippen LogP contribution is -2.20. The van der Waals surface area contributed by atoms with Crippen LogP contribution in [-0.4, -0.2) is 24.5 Å². The van der Waals surface area contributed by atoms with Gasteiger partial charge in [0, 0.05) is 17.8 Å². The second kappa shape index (κ2) is 11.0. The number of benzene rings is 3. The summed E-state index contributed by atoms with van der Waals surface area (Å²) in [7, 11) is 1.42. The van der Waals surface area contributed by atoms with E-state index >= 15 is 0 Å². The number of nitro groups is 1. The van der Waals surface area contributed by atoms with Gasteiger partial charge in [-0.05, 0) is 48.4 Å². The van der Waals surface area contributed by atoms with Crippen molar-refractivity contribution in [3.63, 3.8) is 0 Å². The van der Waals surface area contributed by atoms with Crippen molar-refractivity contribution in [3.8, 4) is 17.6 Å². The number of rotatable bonds is 8. The molecule has 0 aliphatic heterocycles. The molecule has 3 aromatic carbocycles. The number of allylic oxidation sites excluding steroid dienone is 1. The summed E-state index contributed by atoms with van der Waals surface area (Å²) in [5, 5.41) is 23.5. The number of aryl methyl sites for hydroxylation is 1. The molecular weight excluding hydrogens is 458 g/mol. The van der Waals surface area contributed by atoms with E-state index in [1.165, 1.54) is 31.4 Å². The van der Waals surface area contributed by atoms with Crippen molar-refractivity contribution in [2.75, 3.05) is 19.0 Å². The zero-order valence-electron chi connectivity index (χ0n) is 18.4. The van der Waals surface area contributed by atoms with Crippen molar-refractivity contribution in [2.24, 2.45) is 0 Å². The van der Waals surface area contributed by atoms with E-state index in [1.807, 2.05) is 25.1 Å². The molecule has 3 aromatic rings. The molecule has 0 radical (unpaired) electrons. The van der Waals surface area contributed by atoms with E-state index in [1.54, 1.807) is 30.3 Å². The molecule has 0 aliphatic carbocycles. The minimum Gasteiger partial charge on any atom is -0.493 e. The Morgan fingerprint density at radius 2 is 1.94 bits per heavy atom. The third-order valence-corrected chi connectivity index (χ3v) is 5.01. The molecule has 0 heterocycles. The number of halogens is 1. The lowest BCUT2D eigenvalue weighted by atomic mass is 10.0. The standard InChI is InChI=1S/C25H20ClN3O5/c1-16-6-8-20(9-7-16)28-24(30)15-34-25-22(26)11-17(12-23(25)33-2)10-19(14-27)18-4-3-5-21(13-18)29(31)32/h3-13H,15H2,1-2H3,(H,28,30). The maximum atomic E-state index is 12.3. The summed E-state index contributed by atoms with van der Waals surface area (Å²) in [6.45, 7) is 1.65. The number of nitro benzene ring substituents is 1. The highest BCUT2D eigenvalue weighted by atomic mass is 35.5. The van der Waals surface area contributed by atoms with Crippen molar-refractivity contribution in [3.05, 3.63) is 92.5 Å². The fourth-order valence-electron chi connectivity index (χ4n) is 3.07. The number of anilines is 1. The first-order chi connectivity index (χ1) is 16.3. The van der Waals surface area contributed by atoms with Gasteiger partial charge in [0.1, 0.15) is 0 Å². The van der Waals surface area contributed by atoms with Crippen LogP contribution in [0.5, 0.6) is 11.5 Å². The van der Waals surface area contributed by atoms with E-state index in [0.29, 0.717) is 16.8 Å². The van der Waals surface area contributed by atoms with E-state index in [4.69, 9.17) is 21.1 Å². The van der Waals surface area contributed by atoms with Gasteiger partial charge in [0.25, 0.3) is 11.6 Å². The van der Waals surface area contributed by atoms with Gasteiger partial charge in [-0.15, -0.1) is 0 Å². The highest BCUT2D eigenvalue weighted by molar-refractivity contribution is 6.32. The smallest absolute Gasteiger partial charge is 0.270 e. The van der Waals surface area contributed by atoms with Crippen LogP contribution in [0.4, 0.5) is 11.4 Å². The summed E-state index contributed by atoms with van der Waals surface area (Å²) in [5.41, 5.74) is 2.70. The third-order valence-electron chi connectivity index (χ3n) is 4.73. The fraction of sp³-hybridized carbons (Fsp3) is 0.120. The van der Waals surface area contributed by atoms with Gasteiger partial charge in [0.15, 0.2) is 18.1 Å². The number of nitrogens with zero attached hydrogens (tertiary/aromatic N) is 2. The maximum Gasteiger partial charge on any atom is 0.270 e. The first-order valence-corrected chi connectivity index (χ1v) is 10.4. The van der Waals surface area contributed by atoms with Gasteiger partial charge < -0.3 is 14.8 Å². The molecule has 1 N–H and O–H groups in total. The predicted molar refractivity (Wildman–Crippen MR) is 130 cm³/mol. The van der Waals surface area contributed by atoms with Crippen LogP contribution in [-0.2, 0) is 4.79 Å². The number of amides is 1. The Balaban J connectivity index is 1.80. The predicted octanol–water partition coefficient (Wildman–Crippen LogP) is 5.65. The second-order valence-corrected chi connectivity index (χ2v) is 7.62. The number of non-ortho nitro benzene ring substituents is 1. The molecule has 0 atom stereocenters. The second-order valence-electron chi connectivity index (χ2n) is 7.21. The summed E-state index contributed by atoms with van der Waals surface area (Å²) >= 11 is 6.38. The Bertz CT molecular complexity index is 1300. The number of hydrogen-bond donors (Lipinski definition) is 1. The van der Waals surface area contributed by atoms with Gasteiger partial charge in [-0.25, -0.2) is 0 Å². The molecule has 34 heavy (non-hydrogen) atoms. The first-order valence-electron chi connectivity index (χ1n) is 10.0. The average Bonchev–Trinajstić information content (AvgIpc) is 2.83. The van der Waals surface area contributed by atoms with Crippen molar-refractivity contribution in [1.82, 2.24) is 0 Å². The molecule has 9 heteroatoms. The molecule has 1 amide bonds. The van der Waals surface area contributed by atoms with Crippen molar-refractivity contribution >= 4 is 40.5 Å². The highest BCUT2D eigenvalue weighted by Gasteiger charge is 2.15. The molecule has 0 unspecified atom stereocenters. The number of carbonyl (C=O) groups excluding carboxylic acids is 1. The largest absolute Gasteiger partial charge is 0.493 e. The minimum absolute atomic E-state index is 0.123. The fourth-order valence-corrected chi connectivity index (χ4v) is 3.34. The normalized spacial score (nSPS) is 10.8. The van der Waals surface area contributed by atoms with Crippen LogP contribution in [0, 0.1) is 28.4 Å². The van der Waals surface area contributed by atoms with Gasteiger partial charge in [0.2, 0.25) is 0 Å². The van der Waals surface area contributed by atoms with Crippen LogP contribution in [0.3, 0.4) is 0 Å². The van der Waals surface area contributed by atoms with E-state index < -0.39 is 4.92 Å². The third kappa shape index (κ3) is 6.12. The highest BCUT2D eigenvalue weighted by Crippen LogP contribution is 2.37. The summed E-state index contributed by atoms with van der Waals surface area (Å²) in [6, 6.07) is 18.3. The zero-order chi connectivity index (χ0) is 24.7. The molecule has 0 saturated heterocycles. The Morgan fingerprint density at radius 3 is 2.59 bits per heavy atom. The number of nitrogens with one attached hydrogen (secondary N) is 1. The van der Waals surface area contributed by atoms with Crippen LogP contribution >= 0.6 is 11.6 Å². The van der Waals surface area contributed by atoms with Gasteiger partial charge in [0.05, 0.1) is 28.7 Å². The van der Waals surface area contributed by atoms with Crippen LogP contribution in [0.1, 0.15) is 16.7 Å². The topological polar surface area (TPSA) is 114 Å². The molecule has 0 bridgehead atoms. The zero-order valence-corrected chi connectivity index (χ0v) is 19.1. The average molecular weight is 478 g/mol. The van der Waals surface area contributed by atoms with Crippen molar-refractivity contribution in [2.45, 2.75) is 6.92 Å². The lowest BCUT2D eigenvalue weighted by molar-refractivity contribution is -0.384. The van der Waals surface area contributed by atoms with Crippen LogP contribution in [0.15, 0.2) is 60.7 Å². The van der Waals surface area contributed by atoms with E-state index in [0.717, 1.165) is 5.56 Å². The van der Waals surface area contributed by atoms with E-state index in [2.05, 4.69) is 5.32 Å². The molecular formula is C25H20ClN3O5. The first kappa shape index (κ1) is 24.3. The molecule has 0 aliphatic rings. The molecule has 3 rings (SSSR count). The Hall–Kier alpha value is -4.35. The lowest BCUT2D eigenvalue weighted by Gasteiger charge is -2.13. The van der Waals surface area contributed by atoms with Gasteiger partial charge >= 0.3 is 0 Å². The molecule has 0 fully saturated rings. The Kier molecular flexibility index (Phi) is 7.85.